The van der Waals surface area contributed by atoms with Crippen molar-refractivity contribution in [1.29, 1.82) is 0 Å². The van der Waals surface area contributed by atoms with Crippen molar-refractivity contribution < 1.29 is 4.39 Å². The van der Waals surface area contributed by atoms with Gasteiger partial charge in [-0.1, -0.05) is 6.92 Å². The molecule has 0 aliphatic carbocycles. The number of nitrogens with one attached hydrogen (secondary N) is 1. The molecule has 0 atom stereocenters. The summed E-state index contributed by atoms with van der Waals surface area (Å²) in [5, 5.41) is 4.12. The number of fused-ring (bicyclic) bond motifs is 1. The van der Waals surface area contributed by atoms with Crippen LogP contribution in [0.25, 0.3) is 10.9 Å². The summed E-state index contributed by atoms with van der Waals surface area (Å²) in [6.07, 6.45) is 1.05. The second-order valence-corrected chi connectivity index (χ2v) is 5.26. The van der Waals surface area contributed by atoms with Crippen molar-refractivity contribution >= 4 is 32.7 Å². The first-order valence-corrected chi connectivity index (χ1v) is 6.83. The van der Waals surface area contributed by atoms with E-state index in [1.54, 1.807) is 0 Å². The van der Waals surface area contributed by atoms with Crippen LogP contribution in [0.15, 0.2) is 16.6 Å². The zero-order valence-corrected chi connectivity index (χ0v) is 12.4. The van der Waals surface area contributed by atoms with E-state index in [0.717, 1.165) is 40.8 Å². The lowest BCUT2D eigenvalue weighted by Crippen LogP contribution is -2.04. The van der Waals surface area contributed by atoms with Gasteiger partial charge in [-0.25, -0.2) is 9.37 Å². The van der Waals surface area contributed by atoms with E-state index in [-0.39, 0.29) is 5.82 Å². The molecule has 0 radical (unpaired) electrons. The van der Waals surface area contributed by atoms with E-state index in [2.05, 4.69) is 33.2 Å². The molecular weight excluding hydrogens is 295 g/mol. The zero-order chi connectivity index (χ0) is 13.3. The van der Waals surface area contributed by atoms with Gasteiger partial charge in [0, 0.05) is 11.9 Å². The van der Waals surface area contributed by atoms with Gasteiger partial charge >= 0.3 is 0 Å². The Morgan fingerprint density at radius 1 is 1.28 bits per heavy atom. The largest absolute Gasteiger partial charge is 0.370 e. The molecule has 1 aromatic carbocycles. The third-order valence-electron chi connectivity index (χ3n) is 2.92. The van der Waals surface area contributed by atoms with Crippen molar-refractivity contribution in [2.45, 2.75) is 27.2 Å². The summed E-state index contributed by atoms with van der Waals surface area (Å²) >= 11 is 3.29. The molecule has 0 spiro atoms. The van der Waals surface area contributed by atoms with Crippen LogP contribution in [0.3, 0.4) is 0 Å². The average molecular weight is 311 g/mol. The van der Waals surface area contributed by atoms with E-state index in [9.17, 15) is 4.39 Å². The summed E-state index contributed by atoms with van der Waals surface area (Å²) in [5.74, 6) is 0.640. The SMILES string of the molecule is CCCNc1nc2c(C)cc(F)c(Br)c2cc1C. The Morgan fingerprint density at radius 3 is 2.67 bits per heavy atom. The summed E-state index contributed by atoms with van der Waals surface area (Å²) in [4.78, 5) is 4.61. The third-order valence-corrected chi connectivity index (χ3v) is 3.72. The molecule has 4 heteroatoms. The molecule has 0 aliphatic rings. The lowest BCUT2D eigenvalue weighted by Gasteiger charge is -2.12. The van der Waals surface area contributed by atoms with E-state index < -0.39 is 0 Å². The molecular formula is C14H16BrFN2. The van der Waals surface area contributed by atoms with Gasteiger partial charge in [0.25, 0.3) is 0 Å². The first-order chi connectivity index (χ1) is 8.54. The normalized spacial score (nSPS) is 10.9. The molecule has 96 valence electrons. The highest BCUT2D eigenvalue weighted by Gasteiger charge is 2.11. The molecule has 1 aromatic heterocycles. The molecule has 0 bridgehead atoms. The number of pyridine rings is 1. The van der Waals surface area contributed by atoms with Crippen LogP contribution in [-0.2, 0) is 0 Å². The van der Waals surface area contributed by atoms with Gasteiger partial charge in [0.2, 0.25) is 0 Å². The summed E-state index contributed by atoms with van der Waals surface area (Å²) in [7, 11) is 0. The maximum atomic E-state index is 13.7. The van der Waals surface area contributed by atoms with Crippen molar-refractivity contribution in [3.8, 4) is 0 Å². The Morgan fingerprint density at radius 2 is 2.00 bits per heavy atom. The number of aromatic nitrogens is 1. The minimum atomic E-state index is -0.240. The smallest absolute Gasteiger partial charge is 0.138 e. The van der Waals surface area contributed by atoms with Gasteiger partial charge < -0.3 is 5.32 Å². The van der Waals surface area contributed by atoms with Crippen molar-refractivity contribution in [1.82, 2.24) is 4.98 Å². The molecule has 2 rings (SSSR count). The molecule has 2 nitrogen and oxygen atoms in total. The molecule has 1 N–H and O–H groups in total. The van der Waals surface area contributed by atoms with Crippen LogP contribution in [-0.4, -0.2) is 11.5 Å². The van der Waals surface area contributed by atoms with Crippen molar-refractivity contribution in [3.05, 3.63) is 33.5 Å². The quantitative estimate of drug-likeness (QED) is 0.898. The van der Waals surface area contributed by atoms with Gasteiger partial charge in [-0.05, 0) is 59.5 Å². The Bertz CT molecular complexity index is 596. The molecule has 0 unspecified atom stereocenters. The summed E-state index contributed by atoms with van der Waals surface area (Å²) in [6, 6.07) is 3.48. The van der Waals surface area contributed by atoms with Crippen LogP contribution in [0.4, 0.5) is 10.2 Å². The molecule has 0 fully saturated rings. The second kappa shape index (κ2) is 5.22. The van der Waals surface area contributed by atoms with Crippen LogP contribution in [0.2, 0.25) is 0 Å². The minimum Gasteiger partial charge on any atom is -0.370 e. The third kappa shape index (κ3) is 2.34. The van der Waals surface area contributed by atoms with Gasteiger partial charge in [-0.3, -0.25) is 0 Å². The maximum absolute atomic E-state index is 13.7. The first-order valence-electron chi connectivity index (χ1n) is 6.04. The van der Waals surface area contributed by atoms with E-state index in [1.807, 2.05) is 19.9 Å². The number of hydrogen-bond donors (Lipinski definition) is 1. The molecule has 2 aromatic rings. The van der Waals surface area contributed by atoms with Crippen molar-refractivity contribution in [3.63, 3.8) is 0 Å². The number of anilines is 1. The van der Waals surface area contributed by atoms with Gasteiger partial charge in [0.15, 0.2) is 0 Å². The van der Waals surface area contributed by atoms with Crippen LogP contribution in [0, 0.1) is 19.7 Å². The van der Waals surface area contributed by atoms with Crippen LogP contribution in [0.5, 0.6) is 0 Å². The fourth-order valence-electron chi connectivity index (χ4n) is 1.95. The van der Waals surface area contributed by atoms with Gasteiger partial charge in [-0.15, -0.1) is 0 Å². The van der Waals surface area contributed by atoms with E-state index >= 15 is 0 Å². The lowest BCUT2D eigenvalue weighted by atomic mass is 10.1. The number of hydrogen-bond acceptors (Lipinski definition) is 2. The molecule has 0 amide bonds. The standard InChI is InChI=1S/C14H16BrFN2/c1-4-5-17-14-9(3)6-10-12(15)11(16)7-8(2)13(10)18-14/h6-7H,4-5H2,1-3H3,(H,17,18). The number of rotatable bonds is 3. The molecule has 0 saturated heterocycles. The number of halogens is 2. The maximum Gasteiger partial charge on any atom is 0.138 e. The molecule has 18 heavy (non-hydrogen) atoms. The number of benzene rings is 1. The van der Waals surface area contributed by atoms with Crippen LogP contribution < -0.4 is 5.32 Å². The average Bonchev–Trinajstić information content (AvgIpc) is 2.34. The van der Waals surface area contributed by atoms with Crippen molar-refractivity contribution in [2.24, 2.45) is 0 Å². The van der Waals surface area contributed by atoms with E-state index in [1.165, 1.54) is 6.07 Å². The Kier molecular flexibility index (Phi) is 3.85. The number of aryl methyl sites for hydroxylation is 2. The topological polar surface area (TPSA) is 24.9 Å². The van der Waals surface area contributed by atoms with E-state index in [4.69, 9.17) is 0 Å². The predicted octanol–water partition coefficient (Wildman–Crippen LogP) is 4.58. The number of nitrogens with zero attached hydrogens (tertiary/aromatic N) is 1. The van der Waals surface area contributed by atoms with Crippen molar-refractivity contribution in [2.75, 3.05) is 11.9 Å². The van der Waals surface area contributed by atoms with Gasteiger partial charge in [-0.2, -0.15) is 0 Å². The monoisotopic (exact) mass is 310 g/mol. The van der Waals surface area contributed by atoms with Gasteiger partial charge in [0.05, 0.1) is 9.99 Å². The molecule has 0 saturated carbocycles. The fourth-order valence-corrected chi connectivity index (χ4v) is 2.37. The Hall–Kier alpha value is -1.16. The highest BCUT2D eigenvalue weighted by molar-refractivity contribution is 9.10. The zero-order valence-electron chi connectivity index (χ0n) is 10.8. The van der Waals surface area contributed by atoms with Gasteiger partial charge in [0.1, 0.15) is 11.6 Å². The Balaban J connectivity index is 2.64. The summed E-state index contributed by atoms with van der Waals surface area (Å²) < 4.78 is 14.1. The van der Waals surface area contributed by atoms with Crippen LogP contribution >= 0.6 is 15.9 Å². The lowest BCUT2D eigenvalue weighted by molar-refractivity contribution is 0.622. The second-order valence-electron chi connectivity index (χ2n) is 4.47. The van der Waals surface area contributed by atoms with Crippen LogP contribution in [0.1, 0.15) is 24.5 Å². The summed E-state index contributed by atoms with van der Waals surface area (Å²) in [6.45, 7) is 6.86. The predicted molar refractivity (Wildman–Crippen MR) is 77.7 cm³/mol. The first kappa shape index (κ1) is 13.3. The minimum absolute atomic E-state index is 0.240. The summed E-state index contributed by atoms with van der Waals surface area (Å²) in [5.41, 5.74) is 2.72. The fraction of sp³-hybridized carbons (Fsp3) is 0.357. The van der Waals surface area contributed by atoms with E-state index in [0.29, 0.717) is 4.47 Å². The highest BCUT2D eigenvalue weighted by atomic mass is 79.9. The molecule has 0 aliphatic heterocycles. The molecule has 1 heterocycles. The highest BCUT2D eigenvalue weighted by Crippen LogP contribution is 2.31. The Labute approximate surface area is 115 Å².